The van der Waals surface area contributed by atoms with Crippen LogP contribution in [0.3, 0.4) is 0 Å². The predicted octanol–water partition coefficient (Wildman–Crippen LogP) is 4.06. The van der Waals surface area contributed by atoms with E-state index in [4.69, 9.17) is 5.73 Å². The van der Waals surface area contributed by atoms with Crippen LogP contribution in [0.15, 0.2) is 48.5 Å². The van der Waals surface area contributed by atoms with Crippen LogP contribution in [0.5, 0.6) is 0 Å². The van der Waals surface area contributed by atoms with E-state index in [-0.39, 0.29) is 17.4 Å². The van der Waals surface area contributed by atoms with E-state index in [0.717, 1.165) is 5.56 Å². The maximum Gasteiger partial charge on any atom is 0.251 e. The van der Waals surface area contributed by atoms with Gasteiger partial charge in [-0.15, -0.1) is 0 Å². The van der Waals surface area contributed by atoms with Crippen LogP contribution in [0.4, 0.5) is 5.69 Å². The molecule has 0 heterocycles. The van der Waals surface area contributed by atoms with E-state index in [0.29, 0.717) is 11.3 Å². The molecule has 0 saturated heterocycles. The average molecular weight is 296 g/mol. The highest BCUT2D eigenvalue weighted by molar-refractivity contribution is 5.95. The van der Waals surface area contributed by atoms with Crippen molar-refractivity contribution in [2.24, 2.45) is 0 Å². The Bertz CT molecular complexity index is 654. The fourth-order valence-electron chi connectivity index (χ4n) is 2.32. The van der Waals surface area contributed by atoms with Gasteiger partial charge in [-0.25, -0.2) is 0 Å². The van der Waals surface area contributed by atoms with E-state index >= 15 is 0 Å². The Morgan fingerprint density at radius 2 is 1.73 bits per heavy atom. The Hall–Kier alpha value is -2.29. The Morgan fingerprint density at radius 1 is 1.09 bits per heavy atom. The summed E-state index contributed by atoms with van der Waals surface area (Å²) in [6.07, 6.45) is 0. The molecule has 0 bridgehead atoms. The quantitative estimate of drug-likeness (QED) is 0.839. The number of nitrogen functional groups attached to an aromatic ring is 1. The zero-order valence-electron chi connectivity index (χ0n) is 13.7. The summed E-state index contributed by atoms with van der Waals surface area (Å²) in [4.78, 5) is 12.2. The topological polar surface area (TPSA) is 55.1 Å². The second-order valence-electron chi connectivity index (χ2n) is 6.69. The summed E-state index contributed by atoms with van der Waals surface area (Å²) >= 11 is 0. The number of carbonyl (C=O) groups is 1. The van der Waals surface area contributed by atoms with Gasteiger partial charge in [-0.05, 0) is 41.7 Å². The average Bonchev–Trinajstić information content (AvgIpc) is 2.46. The highest BCUT2D eigenvalue weighted by Crippen LogP contribution is 2.24. The Balaban J connectivity index is 2.09. The molecule has 3 heteroatoms. The summed E-state index contributed by atoms with van der Waals surface area (Å²) in [5.74, 6) is -0.111. The molecule has 0 saturated carbocycles. The predicted molar refractivity (Wildman–Crippen MR) is 91.9 cm³/mol. The van der Waals surface area contributed by atoms with Crippen molar-refractivity contribution in [3.63, 3.8) is 0 Å². The highest BCUT2D eigenvalue weighted by Gasteiger charge is 2.15. The van der Waals surface area contributed by atoms with Crippen LogP contribution in [0.25, 0.3) is 0 Å². The zero-order chi connectivity index (χ0) is 16.3. The number of amides is 1. The normalized spacial score (nSPS) is 12.7. The lowest BCUT2D eigenvalue weighted by Gasteiger charge is -2.20. The molecule has 22 heavy (non-hydrogen) atoms. The molecule has 0 aliphatic carbocycles. The second kappa shape index (κ2) is 6.22. The third-order valence-electron chi connectivity index (χ3n) is 3.77. The van der Waals surface area contributed by atoms with Gasteiger partial charge < -0.3 is 11.1 Å². The summed E-state index contributed by atoms with van der Waals surface area (Å²) in [6, 6.07) is 15.3. The molecule has 2 aromatic rings. The third kappa shape index (κ3) is 3.88. The van der Waals surface area contributed by atoms with Gasteiger partial charge in [0.05, 0.1) is 6.04 Å². The van der Waals surface area contributed by atoms with E-state index in [2.05, 4.69) is 50.4 Å². The maximum atomic E-state index is 12.2. The van der Waals surface area contributed by atoms with E-state index in [9.17, 15) is 4.79 Å². The van der Waals surface area contributed by atoms with Gasteiger partial charge in [-0.3, -0.25) is 4.79 Å². The Morgan fingerprint density at radius 3 is 2.27 bits per heavy atom. The summed E-state index contributed by atoms with van der Waals surface area (Å²) < 4.78 is 0. The number of rotatable bonds is 3. The lowest BCUT2D eigenvalue weighted by atomic mass is 9.86. The first-order chi connectivity index (χ1) is 10.3. The monoisotopic (exact) mass is 296 g/mol. The standard InChI is InChI=1S/C19H24N2O/c1-13(14-8-10-16(11-9-14)19(2,3)4)21-18(22)15-6-5-7-17(20)12-15/h5-13H,20H2,1-4H3,(H,21,22). The number of hydrogen-bond acceptors (Lipinski definition) is 2. The molecule has 0 spiro atoms. The van der Waals surface area contributed by atoms with Gasteiger partial charge in [-0.2, -0.15) is 0 Å². The van der Waals surface area contributed by atoms with E-state index < -0.39 is 0 Å². The molecular formula is C19H24N2O. The first-order valence-corrected chi connectivity index (χ1v) is 7.54. The molecule has 1 unspecified atom stereocenters. The van der Waals surface area contributed by atoms with Crippen molar-refractivity contribution in [1.82, 2.24) is 5.32 Å². The van der Waals surface area contributed by atoms with Crippen LogP contribution in [-0.4, -0.2) is 5.91 Å². The molecular weight excluding hydrogens is 272 g/mol. The van der Waals surface area contributed by atoms with Gasteiger partial charge in [0.1, 0.15) is 0 Å². The van der Waals surface area contributed by atoms with Gasteiger partial charge in [0.2, 0.25) is 0 Å². The smallest absolute Gasteiger partial charge is 0.251 e. The van der Waals surface area contributed by atoms with Crippen molar-refractivity contribution < 1.29 is 4.79 Å². The summed E-state index contributed by atoms with van der Waals surface area (Å²) in [6.45, 7) is 8.54. The van der Waals surface area contributed by atoms with Crippen molar-refractivity contribution in [1.29, 1.82) is 0 Å². The number of hydrogen-bond donors (Lipinski definition) is 2. The number of nitrogens with two attached hydrogens (primary N) is 1. The van der Waals surface area contributed by atoms with E-state index in [1.807, 2.05) is 6.92 Å². The molecule has 0 aliphatic heterocycles. The molecule has 2 aromatic carbocycles. The number of nitrogens with one attached hydrogen (secondary N) is 1. The van der Waals surface area contributed by atoms with Crippen molar-refractivity contribution >= 4 is 11.6 Å². The largest absolute Gasteiger partial charge is 0.399 e. The fraction of sp³-hybridized carbons (Fsp3) is 0.316. The van der Waals surface area contributed by atoms with Crippen molar-refractivity contribution in [2.75, 3.05) is 5.73 Å². The minimum Gasteiger partial charge on any atom is -0.399 e. The third-order valence-corrected chi connectivity index (χ3v) is 3.77. The zero-order valence-corrected chi connectivity index (χ0v) is 13.7. The van der Waals surface area contributed by atoms with Gasteiger partial charge in [0.15, 0.2) is 0 Å². The Labute approximate surface area is 132 Å². The molecule has 0 radical (unpaired) electrons. The number of anilines is 1. The molecule has 0 aliphatic rings. The molecule has 3 N–H and O–H groups in total. The minimum absolute atomic E-state index is 0.0528. The van der Waals surface area contributed by atoms with E-state index in [1.54, 1.807) is 24.3 Å². The van der Waals surface area contributed by atoms with Gasteiger partial charge in [0, 0.05) is 11.3 Å². The molecule has 0 fully saturated rings. The van der Waals surface area contributed by atoms with E-state index in [1.165, 1.54) is 5.56 Å². The SMILES string of the molecule is CC(NC(=O)c1cccc(N)c1)c1ccc(C(C)(C)C)cc1. The second-order valence-corrected chi connectivity index (χ2v) is 6.69. The maximum absolute atomic E-state index is 12.2. The van der Waals surface area contributed by atoms with Gasteiger partial charge in [-0.1, -0.05) is 51.1 Å². The Kier molecular flexibility index (Phi) is 4.55. The van der Waals surface area contributed by atoms with Crippen LogP contribution in [0.2, 0.25) is 0 Å². The van der Waals surface area contributed by atoms with Crippen molar-refractivity contribution in [2.45, 2.75) is 39.2 Å². The molecule has 2 rings (SSSR count). The van der Waals surface area contributed by atoms with Crippen LogP contribution in [0, 0.1) is 0 Å². The summed E-state index contributed by atoms with van der Waals surface area (Å²) in [5, 5.41) is 3.00. The van der Waals surface area contributed by atoms with Crippen LogP contribution in [-0.2, 0) is 5.41 Å². The first-order valence-electron chi connectivity index (χ1n) is 7.54. The molecule has 116 valence electrons. The molecule has 0 aromatic heterocycles. The van der Waals surface area contributed by atoms with Crippen LogP contribution < -0.4 is 11.1 Å². The van der Waals surface area contributed by atoms with Crippen LogP contribution >= 0.6 is 0 Å². The molecule has 3 nitrogen and oxygen atoms in total. The molecule has 1 atom stereocenters. The lowest BCUT2D eigenvalue weighted by Crippen LogP contribution is -2.26. The van der Waals surface area contributed by atoms with Gasteiger partial charge >= 0.3 is 0 Å². The van der Waals surface area contributed by atoms with Gasteiger partial charge in [0.25, 0.3) is 5.91 Å². The van der Waals surface area contributed by atoms with Crippen molar-refractivity contribution in [3.05, 3.63) is 65.2 Å². The highest BCUT2D eigenvalue weighted by atomic mass is 16.1. The van der Waals surface area contributed by atoms with Crippen LogP contribution in [0.1, 0.15) is 55.2 Å². The lowest BCUT2D eigenvalue weighted by molar-refractivity contribution is 0.0940. The van der Waals surface area contributed by atoms with Crippen molar-refractivity contribution in [3.8, 4) is 0 Å². The summed E-state index contributed by atoms with van der Waals surface area (Å²) in [5.41, 5.74) is 9.39. The molecule has 1 amide bonds. The fourth-order valence-corrected chi connectivity index (χ4v) is 2.32. The first kappa shape index (κ1) is 16.1. The minimum atomic E-state index is -0.111. The summed E-state index contributed by atoms with van der Waals surface area (Å²) in [7, 11) is 0. The number of carbonyl (C=O) groups excluding carboxylic acids is 1. The number of benzene rings is 2.